The lowest BCUT2D eigenvalue weighted by molar-refractivity contribution is -0.350. The van der Waals surface area contributed by atoms with Crippen LogP contribution in [0.2, 0.25) is 20.1 Å². The van der Waals surface area contributed by atoms with Gasteiger partial charge in [0.25, 0.3) is 0 Å². The quantitative estimate of drug-likeness (QED) is 0.0521. The molecule has 15 rings (SSSR count). The highest BCUT2D eigenvalue weighted by Gasteiger charge is 2.53. The molecule has 676 valence electrons. The highest BCUT2D eigenvalue weighted by molar-refractivity contribution is 7.15. The topological polar surface area (TPSA) is 601 Å². The molecule has 3 saturated heterocycles. The highest BCUT2D eigenvalue weighted by atomic mass is 35.5. The van der Waals surface area contributed by atoms with E-state index in [2.05, 4.69) is 42.5 Å². The Morgan fingerprint density at radius 2 is 1.29 bits per heavy atom. The normalized spacial score (nSPS) is 29.6. The molecule has 4 unspecified atom stereocenters. The van der Waals surface area contributed by atoms with Crippen molar-refractivity contribution in [3.63, 3.8) is 0 Å². The summed E-state index contributed by atoms with van der Waals surface area (Å²) in [5.41, 5.74) is 8.77. The molecule has 126 heavy (non-hydrogen) atoms. The van der Waals surface area contributed by atoms with Crippen molar-refractivity contribution in [2.75, 3.05) is 20.2 Å². The maximum absolute atomic E-state index is 16.4. The number of carbonyl (C=O) groups excluding carboxylic acids is 7. The van der Waals surface area contributed by atoms with E-state index in [9.17, 15) is 75.7 Å². The Hall–Kier alpha value is -9.90. The molecule has 3 fully saturated rings. The van der Waals surface area contributed by atoms with Crippen LogP contribution in [0.15, 0.2) is 109 Å². The first-order valence-electron chi connectivity index (χ1n) is 39.6. The summed E-state index contributed by atoms with van der Waals surface area (Å²) in [5.74, 6) is -16.7. The number of likely N-dealkylation sites (N-methyl/N-ethyl adjacent to an activating group) is 1. The smallest absolute Gasteiger partial charge is 0.330 e. The lowest BCUT2D eigenvalue weighted by Gasteiger charge is -2.46. The van der Waals surface area contributed by atoms with Crippen LogP contribution in [0.4, 0.5) is 0 Å². The standard InChI is InChI=1S/C83H92Cl4N10O28S/c1-30(2)16-45(90-5)74(110)96-62-64(103)34-8-13-49(43(86)19-34)119-51-21-36-22-52(71(51)124-82-69(108)67(106)72(54(29-98)122-82)125-81-68(107)66(105)65(104)53(121-81)28-91-27-38-10-15-55(126-38)32-6-11-41(84)42(85)18-32)120-50-14-9-35(20-44(50)87)70(123-57-26-83(4,89)73(109)31(3)118-57)63-79(115)95-61(80(116)117)40-23-37(99)24-48(101)58(40)39-17-33(7-12-47(39)100)59(76(112)97-63)94-77(113)60(36)93-75(111)46(25-56(88)102)92-78(62)114/h6-15,17-24,30-31,45-46,53-54,57,59-70,72-73,81-82,90-91,98-101,103-109H,16,25-29,89H2,1-5H3,(H2,88,102)(H,92,114)(H,93,111)(H,94,113)(H,95,115)(H,96,110)(H,97,112)(H,116,117)/t31-,45+,46?,53+,54+,57?,59+,60+,61?,62?,63-,64+,65-,66-,67+,68+,69+,70+,72+,73-,81-,82-,83-/m0/s1. The number of halogens is 4. The van der Waals surface area contributed by atoms with Crippen molar-refractivity contribution >= 4 is 105 Å². The van der Waals surface area contributed by atoms with Gasteiger partial charge in [-0.3, -0.25) is 33.6 Å². The van der Waals surface area contributed by atoms with E-state index >= 15 is 24.0 Å². The number of carbonyl (C=O) groups is 8. The molecule has 38 nitrogen and oxygen atoms in total. The molecule has 7 amide bonds. The molecule has 8 aliphatic rings. The Kier molecular flexibility index (Phi) is 29.0. The van der Waals surface area contributed by atoms with Crippen molar-refractivity contribution in [2.45, 2.75) is 193 Å². The Morgan fingerprint density at radius 3 is 1.93 bits per heavy atom. The van der Waals surface area contributed by atoms with E-state index in [1.165, 1.54) is 44.4 Å². The Labute approximate surface area is 741 Å². The zero-order chi connectivity index (χ0) is 91.1. The zero-order valence-corrected chi connectivity index (χ0v) is 71.2. The van der Waals surface area contributed by atoms with Gasteiger partial charge in [0.05, 0.1) is 51.4 Å². The van der Waals surface area contributed by atoms with Crippen LogP contribution in [0.1, 0.15) is 110 Å². The first-order chi connectivity index (χ1) is 59.7. The summed E-state index contributed by atoms with van der Waals surface area (Å²) >= 11 is 28.3. The minimum absolute atomic E-state index is 0.131. The predicted octanol–water partition coefficient (Wildman–Crippen LogP) is 2.76. The minimum Gasteiger partial charge on any atom is -0.508 e. The van der Waals surface area contributed by atoms with E-state index in [1.54, 1.807) is 32.0 Å². The first-order valence-corrected chi connectivity index (χ1v) is 41.9. The second-order valence-electron chi connectivity index (χ2n) is 31.9. The van der Waals surface area contributed by atoms with E-state index < -0.39 is 284 Å². The Balaban J connectivity index is 0.964. The Morgan fingerprint density at radius 1 is 0.643 bits per heavy atom. The van der Waals surface area contributed by atoms with Crippen molar-refractivity contribution in [3.05, 3.63) is 162 Å². The van der Waals surface area contributed by atoms with Crippen molar-refractivity contribution < 1.29 is 138 Å². The van der Waals surface area contributed by atoms with E-state index in [1.807, 2.05) is 12.1 Å². The third kappa shape index (κ3) is 20.3. The third-order valence-electron chi connectivity index (χ3n) is 22.2. The SMILES string of the molecule is CN[C@H](CC(C)C)C(=O)NC1C(=O)NC(CC(N)=O)C(=O)N[C@H]2C(=O)N[C@H]3C(=O)N[C@H](C(=O)NC(C(=O)O)c4cc(O)cc(O)c4-c4cc3ccc4O)[C@H](OC3C[C@](C)(N)[C@@H](O)[C@H](C)O3)c3ccc(c(Cl)c3)Oc3cc2cc(c3O[C@@H]2O[C@H](CO)[C@@H](O[C@@H]3O[C@H](CNCc4ccc(-c5ccc(Cl)c(Cl)c5)s4)[C@H](O)[C@H](O)[C@H]3O)[C@H](O)[C@H]2O)Oc2ccc(cc2Cl)[C@H]1O. The van der Waals surface area contributed by atoms with Gasteiger partial charge in [0.1, 0.15) is 120 Å². The maximum atomic E-state index is 16.4. The van der Waals surface area contributed by atoms with Gasteiger partial charge in [-0.1, -0.05) is 84.5 Å². The molecule has 43 heteroatoms. The van der Waals surface area contributed by atoms with Gasteiger partial charge in [0.2, 0.25) is 53.4 Å². The van der Waals surface area contributed by atoms with Crippen LogP contribution in [0.5, 0.6) is 46.0 Å². The van der Waals surface area contributed by atoms with Gasteiger partial charge in [0, 0.05) is 57.6 Å². The fraction of sp³-hybridized carbons (Fsp3) is 0.422. The Bertz CT molecular complexity index is 5310. The number of aliphatic carboxylic acids is 1. The van der Waals surface area contributed by atoms with Crippen LogP contribution in [0, 0.1) is 5.92 Å². The van der Waals surface area contributed by atoms with Crippen molar-refractivity contribution in [2.24, 2.45) is 17.4 Å². The summed E-state index contributed by atoms with van der Waals surface area (Å²) in [5, 5.41) is 160. The largest absolute Gasteiger partial charge is 0.508 e. The van der Waals surface area contributed by atoms with Gasteiger partial charge >= 0.3 is 5.97 Å². The number of amides is 7. The summed E-state index contributed by atoms with van der Waals surface area (Å²) in [4.78, 5) is 122. The lowest BCUT2D eigenvalue weighted by Crippen LogP contribution is -2.65. The molecular formula is C83H92Cl4N10O28S. The molecule has 6 aromatic carbocycles. The predicted molar refractivity (Wildman–Crippen MR) is 446 cm³/mol. The number of carboxylic acid groups (broad SMARTS) is 1. The molecule has 8 aliphatic heterocycles. The fourth-order valence-electron chi connectivity index (χ4n) is 15.6. The number of aliphatic hydroxyl groups excluding tert-OH is 8. The number of phenols is 3. The summed E-state index contributed by atoms with van der Waals surface area (Å²) in [6.45, 7) is 5.42. The van der Waals surface area contributed by atoms with Crippen LogP contribution in [0.3, 0.4) is 0 Å². The molecule has 0 saturated carbocycles. The number of nitrogens with two attached hydrogens (primary N) is 2. The molecule has 11 bridgehead atoms. The number of aliphatic hydroxyl groups is 8. The molecule has 7 aromatic rings. The number of fused-ring (bicyclic) bond motifs is 15. The van der Waals surface area contributed by atoms with Crippen LogP contribution < -0.4 is 68.2 Å². The maximum Gasteiger partial charge on any atom is 0.330 e. The number of carboxylic acids is 1. The molecule has 24 N–H and O–H groups in total. The van der Waals surface area contributed by atoms with Crippen molar-refractivity contribution in [3.8, 4) is 67.6 Å². The number of thiophene rings is 1. The van der Waals surface area contributed by atoms with E-state index in [-0.39, 0.29) is 43.0 Å². The molecule has 0 spiro atoms. The van der Waals surface area contributed by atoms with Crippen molar-refractivity contribution in [1.29, 1.82) is 0 Å². The van der Waals surface area contributed by atoms with E-state index in [0.29, 0.717) is 10.0 Å². The third-order valence-corrected chi connectivity index (χ3v) is 24.7. The summed E-state index contributed by atoms with van der Waals surface area (Å²) < 4.78 is 51.2. The second kappa shape index (κ2) is 39.0. The molecule has 0 radical (unpaired) electrons. The number of primary amides is 1. The van der Waals surface area contributed by atoms with Gasteiger partial charge in [-0.2, -0.15) is 0 Å². The van der Waals surface area contributed by atoms with Gasteiger partial charge in [-0.15, -0.1) is 11.3 Å². The number of rotatable bonds is 20. The average Bonchev–Trinajstić information content (AvgIpc) is 0.874. The molecule has 9 heterocycles. The second-order valence-corrected chi connectivity index (χ2v) is 34.7. The monoisotopic (exact) mass is 1850 g/mol. The molecule has 23 atom stereocenters. The first kappa shape index (κ1) is 93.7. The number of nitrogens with one attached hydrogen (secondary N) is 8. The number of ether oxygens (including phenoxy) is 8. The number of phenolic OH excluding ortho intramolecular Hbond substituents is 3. The highest BCUT2D eigenvalue weighted by Crippen LogP contribution is 2.51. The number of benzene rings is 6. The van der Waals surface area contributed by atoms with Crippen LogP contribution >= 0.6 is 57.7 Å². The summed E-state index contributed by atoms with van der Waals surface area (Å²) in [6.07, 6.45) is -29.2. The van der Waals surface area contributed by atoms with Gasteiger partial charge in [-0.05, 0) is 140 Å². The van der Waals surface area contributed by atoms with Gasteiger partial charge < -0.3 is 153 Å². The fourth-order valence-corrected chi connectivity index (χ4v) is 17.3. The molecule has 0 aliphatic carbocycles. The number of aromatic hydroxyl groups is 3. The van der Waals surface area contributed by atoms with Crippen LogP contribution in [-0.2, 0) is 68.6 Å². The molecular weight excluding hydrogens is 1760 g/mol. The van der Waals surface area contributed by atoms with E-state index in [0.717, 1.165) is 82.0 Å². The summed E-state index contributed by atoms with van der Waals surface area (Å²) in [6, 6.07) is 7.81. The summed E-state index contributed by atoms with van der Waals surface area (Å²) in [7, 11) is 1.46. The van der Waals surface area contributed by atoms with Crippen LogP contribution in [-0.4, -0.2) is 238 Å². The van der Waals surface area contributed by atoms with Gasteiger partial charge in [0.15, 0.2) is 30.1 Å². The van der Waals surface area contributed by atoms with Crippen molar-refractivity contribution in [1.82, 2.24) is 42.5 Å². The van der Waals surface area contributed by atoms with Crippen LogP contribution in [0.25, 0.3) is 21.6 Å². The minimum atomic E-state index is -2.43. The lowest BCUT2D eigenvalue weighted by atomic mass is 9.86. The van der Waals surface area contributed by atoms with E-state index in [4.69, 9.17) is 95.8 Å². The average molecular weight is 1850 g/mol. The number of hydrogen-bond donors (Lipinski definition) is 22. The molecule has 1 aromatic heterocycles. The number of hydrogen-bond acceptors (Lipinski definition) is 31. The van der Waals surface area contributed by atoms with Gasteiger partial charge in [-0.25, -0.2) is 4.79 Å². The zero-order valence-electron chi connectivity index (χ0n) is 67.4.